The van der Waals surface area contributed by atoms with Crippen molar-refractivity contribution in [3.63, 3.8) is 0 Å². The molecule has 0 saturated carbocycles. The van der Waals surface area contributed by atoms with Crippen LogP contribution in [0.25, 0.3) is 0 Å². The largest absolute Gasteiger partial charge is 0.478 e. The van der Waals surface area contributed by atoms with Gasteiger partial charge in [0.2, 0.25) is 0 Å². The Morgan fingerprint density at radius 3 is 1.79 bits per heavy atom. The second-order valence-corrected chi connectivity index (χ2v) is 1.74. The first-order valence-corrected chi connectivity index (χ1v) is 3.28. The molecule has 78 valence electrons. The molecule has 0 aliphatic heterocycles. The molecule has 6 heteroatoms. The highest BCUT2D eigenvalue weighted by atomic mass is 16.5. The molecule has 14 heavy (non-hydrogen) atoms. The van der Waals surface area contributed by atoms with Crippen LogP contribution in [-0.4, -0.2) is 35.2 Å². The van der Waals surface area contributed by atoms with Crippen LogP contribution in [0, 0.1) is 0 Å². The molecule has 0 radical (unpaired) electrons. The van der Waals surface area contributed by atoms with Crippen molar-refractivity contribution in [2.24, 2.45) is 0 Å². The molecule has 6 nitrogen and oxygen atoms in total. The number of esters is 1. The molecule has 0 bridgehead atoms. The highest BCUT2D eigenvalue weighted by molar-refractivity contribution is 5.90. The van der Waals surface area contributed by atoms with Gasteiger partial charge in [0.25, 0.3) is 0 Å². The van der Waals surface area contributed by atoms with Gasteiger partial charge < -0.3 is 14.9 Å². The second kappa shape index (κ2) is 8.98. The van der Waals surface area contributed by atoms with E-state index < -0.39 is 17.9 Å². The summed E-state index contributed by atoms with van der Waals surface area (Å²) in [6, 6.07) is 0. The van der Waals surface area contributed by atoms with Crippen molar-refractivity contribution in [3.05, 3.63) is 24.8 Å². The summed E-state index contributed by atoms with van der Waals surface area (Å²) in [5, 5.41) is 15.6. The molecule has 0 atom stereocenters. The van der Waals surface area contributed by atoms with Crippen LogP contribution < -0.4 is 0 Å². The van der Waals surface area contributed by atoms with Crippen LogP contribution in [-0.2, 0) is 19.1 Å². The highest BCUT2D eigenvalue weighted by Crippen LogP contribution is 1.76. The first-order valence-electron chi connectivity index (χ1n) is 3.28. The van der Waals surface area contributed by atoms with Crippen molar-refractivity contribution >= 4 is 17.9 Å². The van der Waals surface area contributed by atoms with E-state index in [1.165, 1.54) is 7.11 Å². The Bertz CT molecular complexity index is 253. The monoisotopic (exact) mass is 202 g/mol. The van der Waals surface area contributed by atoms with Gasteiger partial charge in [-0.25, -0.2) is 14.4 Å². The van der Waals surface area contributed by atoms with E-state index >= 15 is 0 Å². The lowest BCUT2D eigenvalue weighted by Crippen LogP contribution is -1.96. The predicted octanol–water partition coefficient (Wildman–Crippen LogP) is 0.0572. The van der Waals surface area contributed by atoms with E-state index in [9.17, 15) is 14.4 Å². The highest BCUT2D eigenvalue weighted by Gasteiger charge is 1.91. The van der Waals surface area contributed by atoms with Crippen molar-refractivity contribution in [1.29, 1.82) is 0 Å². The normalized spacial score (nSPS) is 8.36. The molecule has 0 aromatic rings. The summed E-state index contributed by atoms with van der Waals surface area (Å²) in [4.78, 5) is 29.1. The molecule has 0 aliphatic rings. The Morgan fingerprint density at radius 1 is 1.14 bits per heavy atom. The van der Waals surface area contributed by atoms with Crippen molar-refractivity contribution in [2.45, 2.75) is 0 Å². The Hall–Kier alpha value is -2.11. The van der Waals surface area contributed by atoms with Gasteiger partial charge in [0, 0.05) is 18.2 Å². The van der Waals surface area contributed by atoms with Gasteiger partial charge in [-0.15, -0.1) is 0 Å². The zero-order valence-electron chi connectivity index (χ0n) is 7.47. The van der Waals surface area contributed by atoms with Crippen LogP contribution in [0.2, 0.25) is 0 Å². The van der Waals surface area contributed by atoms with Crippen LogP contribution in [0.3, 0.4) is 0 Å². The number of carboxylic acid groups (broad SMARTS) is 2. The minimum atomic E-state index is -1.17. The third-order valence-corrected chi connectivity index (χ3v) is 0.738. The molecule has 2 N–H and O–H groups in total. The summed E-state index contributed by atoms with van der Waals surface area (Å²) >= 11 is 0. The van der Waals surface area contributed by atoms with Crippen LogP contribution >= 0.6 is 0 Å². The number of carboxylic acids is 2. The zero-order valence-corrected chi connectivity index (χ0v) is 7.47. The van der Waals surface area contributed by atoms with Crippen molar-refractivity contribution < 1.29 is 29.3 Å². The van der Waals surface area contributed by atoms with Gasteiger partial charge in [0.05, 0.1) is 7.11 Å². The van der Waals surface area contributed by atoms with Crippen LogP contribution in [0.15, 0.2) is 24.8 Å². The van der Waals surface area contributed by atoms with Gasteiger partial charge in [0.15, 0.2) is 0 Å². The maximum atomic E-state index is 10.1. The van der Waals surface area contributed by atoms with E-state index in [4.69, 9.17) is 10.2 Å². The van der Waals surface area contributed by atoms with E-state index in [1.807, 2.05) is 0 Å². The number of rotatable bonds is 3. The lowest BCUT2D eigenvalue weighted by molar-refractivity contribution is -0.136. The van der Waals surface area contributed by atoms with Gasteiger partial charge in [0.1, 0.15) is 0 Å². The molecular formula is C8H10O6. The maximum absolute atomic E-state index is 10.1. The fourth-order valence-electron chi connectivity index (χ4n) is 0.207. The van der Waals surface area contributed by atoms with Crippen molar-refractivity contribution in [2.75, 3.05) is 7.11 Å². The first kappa shape index (κ1) is 14.4. The molecule has 0 spiro atoms. The van der Waals surface area contributed by atoms with Gasteiger partial charge in [-0.3, -0.25) is 0 Å². The van der Waals surface area contributed by atoms with Gasteiger partial charge in [-0.1, -0.05) is 6.58 Å². The number of carbonyl (C=O) groups excluding carboxylic acids is 1. The number of aliphatic carboxylic acids is 2. The Labute approximate surface area is 80.1 Å². The van der Waals surface area contributed by atoms with E-state index in [1.54, 1.807) is 0 Å². The molecular weight excluding hydrogens is 192 g/mol. The molecule has 0 unspecified atom stereocenters. The number of hydrogen-bond donors (Lipinski definition) is 2. The fourth-order valence-corrected chi connectivity index (χ4v) is 0.207. The lowest BCUT2D eigenvalue weighted by Gasteiger charge is -1.85. The third-order valence-electron chi connectivity index (χ3n) is 0.738. The Balaban J connectivity index is 0. The number of ether oxygens (including phenoxy) is 1. The van der Waals surface area contributed by atoms with Gasteiger partial charge in [-0.05, 0) is 0 Å². The van der Waals surface area contributed by atoms with E-state index in [0.29, 0.717) is 6.08 Å². The molecule has 0 fully saturated rings. The summed E-state index contributed by atoms with van der Waals surface area (Å²) in [7, 11) is 1.18. The molecule has 0 amide bonds. The van der Waals surface area contributed by atoms with E-state index in [0.717, 1.165) is 12.2 Å². The quantitative estimate of drug-likeness (QED) is 0.495. The first-order chi connectivity index (χ1) is 6.43. The van der Waals surface area contributed by atoms with E-state index in [2.05, 4.69) is 11.3 Å². The number of carbonyl (C=O) groups is 3. The minimum absolute atomic E-state index is 0.669. The summed E-state index contributed by atoms with van der Waals surface area (Å²) in [5.41, 5.74) is 0. The molecule has 0 saturated heterocycles. The average Bonchev–Trinajstić information content (AvgIpc) is 2.14. The second-order valence-electron chi connectivity index (χ2n) is 1.74. The third kappa shape index (κ3) is 16.5. The summed E-state index contributed by atoms with van der Waals surface area (Å²) in [5.74, 6) is -2.82. The van der Waals surface area contributed by atoms with Crippen LogP contribution in [0.1, 0.15) is 0 Å². The van der Waals surface area contributed by atoms with Crippen molar-refractivity contribution in [3.8, 4) is 0 Å². The molecule has 0 aliphatic carbocycles. The zero-order chi connectivity index (χ0) is 11.6. The standard InChI is InChI=1S/C5H6O4.C3H4O2/c1-9-5(8)3-2-4(6)7;1-2-3(4)5/h2-3H,1H3,(H,6,7);2H,1H2,(H,4,5)/b3-2-;. The number of methoxy groups -OCH3 is 1. The van der Waals surface area contributed by atoms with Crippen LogP contribution in [0.5, 0.6) is 0 Å². The summed E-state index contributed by atoms with van der Waals surface area (Å²) in [6.07, 6.45) is 2.38. The van der Waals surface area contributed by atoms with Crippen molar-refractivity contribution in [1.82, 2.24) is 0 Å². The Kier molecular flexibility index (Phi) is 9.25. The fraction of sp³-hybridized carbons (Fsp3) is 0.125. The van der Waals surface area contributed by atoms with Gasteiger partial charge in [-0.2, -0.15) is 0 Å². The molecule has 0 aromatic heterocycles. The van der Waals surface area contributed by atoms with E-state index in [-0.39, 0.29) is 0 Å². The maximum Gasteiger partial charge on any atom is 0.330 e. The Morgan fingerprint density at radius 2 is 1.57 bits per heavy atom. The summed E-state index contributed by atoms with van der Waals surface area (Å²) < 4.78 is 4.11. The predicted molar refractivity (Wildman–Crippen MR) is 46.6 cm³/mol. The van der Waals surface area contributed by atoms with Gasteiger partial charge >= 0.3 is 17.9 Å². The van der Waals surface area contributed by atoms with Crippen LogP contribution in [0.4, 0.5) is 0 Å². The average molecular weight is 202 g/mol. The smallest absolute Gasteiger partial charge is 0.330 e. The summed E-state index contributed by atoms with van der Waals surface area (Å²) in [6.45, 7) is 2.96. The lowest BCUT2D eigenvalue weighted by atomic mass is 10.5. The minimum Gasteiger partial charge on any atom is -0.478 e. The molecule has 0 rings (SSSR count). The topological polar surface area (TPSA) is 101 Å². The number of hydrogen-bond acceptors (Lipinski definition) is 4. The molecule has 0 heterocycles. The SMILES string of the molecule is C=CC(=O)O.COC(=O)/C=C\C(=O)O. The molecule has 0 aromatic carbocycles.